The Morgan fingerprint density at radius 3 is 2.39 bits per heavy atom. The highest BCUT2D eigenvalue weighted by molar-refractivity contribution is 5.77. The summed E-state index contributed by atoms with van der Waals surface area (Å²) in [5, 5.41) is 11.7. The topological polar surface area (TPSA) is 66.4 Å². The fourth-order valence-electron chi connectivity index (χ4n) is 3.05. The maximum Gasteiger partial charge on any atom is 0.306 e. The van der Waals surface area contributed by atoms with Crippen molar-refractivity contribution in [2.24, 2.45) is 11.8 Å². The van der Waals surface area contributed by atoms with Gasteiger partial charge in [-0.1, -0.05) is 32.1 Å². The zero-order valence-corrected chi connectivity index (χ0v) is 10.9. The van der Waals surface area contributed by atoms with Crippen LogP contribution in [0.5, 0.6) is 0 Å². The van der Waals surface area contributed by atoms with Crippen LogP contribution in [0.4, 0.5) is 0 Å². The van der Waals surface area contributed by atoms with Crippen molar-refractivity contribution in [3.8, 4) is 0 Å². The highest BCUT2D eigenvalue weighted by Crippen LogP contribution is 2.29. The summed E-state index contributed by atoms with van der Waals surface area (Å²) in [5.41, 5.74) is 0. The molecule has 0 aliphatic heterocycles. The maximum absolute atomic E-state index is 11.7. The number of hydrogen-bond donors (Lipinski definition) is 2. The summed E-state index contributed by atoms with van der Waals surface area (Å²) >= 11 is 0. The van der Waals surface area contributed by atoms with Gasteiger partial charge in [0.05, 0.1) is 5.92 Å². The standard InChI is InChI=1S/C14H23NO3/c16-13(7-6-10-4-2-1-3-5-10)15-12-8-11(9-12)14(17)18/h10-12H,1-9H2,(H,15,16)(H,17,18). The summed E-state index contributed by atoms with van der Waals surface area (Å²) in [7, 11) is 0. The first-order valence-corrected chi connectivity index (χ1v) is 7.17. The Morgan fingerprint density at radius 1 is 1.11 bits per heavy atom. The monoisotopic (exact) mass is 253 g/mol. The minimum Gasteiger partial charge on any atom is -0.481 e. The Hall–Kier alpha value is -1.06. The third kappa shape index (κ3) is 3.72. The molecule has 2 aliphatic rings. The molecule has 0 bridgehead atoms. The minimum atomic E-state index is -0.734. The molecule has 2 aliphatic carbocycles. The van der Waals surface area contributed by atoms with Gasteiger partial charge >= 0.3 is 5.97 Å². The van der Waals surface area contributed by atoms with Gasteiger partial charge in [0.15, 0.2) is 0 Å². The summed E-state index contributed by atoms with van der Waals surface area (Å²) in [4.78, 5) is 22.3. The smallest absolute Gasteiger partial charge is 0.306 e. The van der Waals surface area contributed by atoms with E-state index in [1.54, 1.807) is 0 Å². The molecule has 0 saturated heterocycles. The molecule has 0 heterocycles. The molecule has 2 N–H and O–H groups in total. The highest BCUT2D eigenvalue weighted by atomic mass is 16.4. The van der Waals surface area contributed by atoms with Gasteiger partial charge in [0.2, 0.25) is 5.91 Å². The van der Waals surface area contributed by atoms with Crippen molar-refractivity contribution >= 4 is 11.9 Å². The molecule has 0 unspecified atom stereocenters. The molecule has 0 atom stereocenters. The fraction of sp³-hybridized carbons (Fsp3) is 0.857. The molecule has 4 nitrogen and oxygen atoms in total. The molecule has 2 rings (SSSR count). The molecule has 1 amide bonds. The number of hydrogen-bond acceptors (Lipinski definition) is 2. The zero-order chi connectivity index (χ0) is 13.0. The van der Waals surface area contributed by atoms with E-state index in [2.05, 4.69) is 5.32 Å². The van der Waals surface area contributed by atoms with Crippen molar-refractivity contribution in [3.63, 3.8) is 0 Å². The Morgan fingerprint density at radius 2 is 1.78 bits per heavy atom. The number of nitrogens with one attached hydrogen (secondary N) is 1. The van der Waals surface area contributed by atoms with Crippen LogP contribution in [0.25, 0.3) is 0 Å². The normalized spacial score (nSPS) is 28.4. The number of carboxylic acid groups (broad SMARTS) is 1. The summed E-state index contributed by atoms with van der Waals surface area (Å²) in [6.07, 6.45) is 9.34. The molecule has 0 aromatic carbocycles. The van der Waals surface area contributed by atoms with Crippen LogP contribution in [-0.2, 0) is 9.59 Å². The van der Waals surface area contributed by atoms with E-state index >= 15 is 0 Å². The first-order chi connectivity index (χ1) is 8.65. The lowest BCUT2D eigenvalue weighted by Crippen LogP contribution is -2.46. The number of carbonyl (C=O) groups is 2. The first kappa shape index (κ1) is 13.4. The van der Waals surface area contributed by atoms with E-state index in [0.29, 0.717) is 19.3 Å². The Balaban J connectivity index is 1.57. The summed E-state index contributed by atoms with van der Waals surface area (Å²) in [5.74, 6) is -0.136. The molecule has 2 fully saturated rings. The van der Waals surface area contributed by atoms with E-state index < -0.39 is 5.97 Å². The van der Waals surface area contributed by atoms with Crippen LogP contribution in [0.3, 0.4) is 0 Å². The number of carboxylic acids is 1. The van der Waals surface area contributed by atoms with Gasteiger partial charge in [0.1, 0.15) is 0 Å². The largest absolute Gasteiger partial charge is 0.481 e. The lowest BCUT2D eigenvalue weighted by atomic mass is 9.80. The van der Waals surface area contributed by atoms with E-state index in [9.17, 15) is 9.59 Å². The van der Waals surface area contributed by atoms with Crippen LogP contribution in [0.1, 0.15) is 57.8 Å². The quantitative estimate of drug-likeness (QED) is 0.790. The van der Waals surface area contributed by atoms with Gasteiger partial charge < -0.3 is 10.4 Å². The van der Waals surface area contributed by atoms with Crippen LogP contribution in [-0.4, -0.2) is 23.0 Å². The van der Waals surface area contributed by atoms with Crippen LogP contribution >= 0.6 is 0 Å². The first-order valence-electron chi connectivity index (χ1n) is 7.17. The van der Waals surface area contributed by atoms with Crippen LogP contribution in [0, 0.1) is 11.8 Å². The van der Waals surface area contributed by atoms with Gasteiger partial charge in [-0.25, -0.2) is 0 Å². The van der Waals surface area contributed by atoms with Gasteiger partial charge in [0.25, 0.3) is 0 Å². The minimum absolute atomic E-state index is 0.102. The molecule has 18 heavy (non-hydrogen) atoms. The molecule has 0 radical (unpaired) electrons. The summed E-state index contributed by atoms with van der Waals surface area (Å²) < 4.78 is 0. The maximum atomic E-state index is 11.7. The highest BCUT2D eigenvalue weighted by Gasteiger charge is 2.35. The van der Waals surface area contributed by atoms with Gasteiger partial charge in [-0.3, -0.25) is 9.59 Å². The third-order valence-corrected chi connectivity index (χ3v) is 4.36. The van der Waals surface area contributed by atoms with E-state index in [-0.39, 0.29) is 17.9 Å². The SMILES string of the molecule is O=C(CCC1CCCCC1)NC1CC(C(=O)O)C1. The van der Waals surface area contributed by atoms with E-state index in [0.717, 1.165) is 12.3 Å². The Labute approximate surface area is 108 Å². The van der Waals surface area contributed by atoms with E-state index in [4.69, 9.17) is 5.11 Å². The van der Waals surface area contributed by atoms with Crippen LogP contribution in [0.15, 0.2) is 0 Å². The van der Waals surface area contributed by atoms with Crippen LogP contribution in [0.2, 0.25) is 0 Å². The number of aliphatic carboxylic acids is 1. The van der Waals surface area contributed by atoms with Crippen LogP contribution < -0.4 is 5.32 Å². The fourth-order valence-corrected chi connectivity index (χ4v) is 3.05. The Kier molecular flexibility index (Phi) is 4.61. The van der Waals surface area contributed by atoms with E-state index in [1.807, 2.05) is 0 Å². The molecule has 0 spiro atoms. The van der Waals surface area contributed by atoms with Gasteiger partial charge in [0, 0.05) is 12.5 Å². The van der Waals surface area contributed by atoms with Crippen molar-refractivity contribution in [1.82, 2.24) is 5.32 Å². The van der Waals surface area contributed by atoms with Crippen molar-refractivity contribution in [3.05, 3.63) is 0 Å². The molecule has 102 valence electrons. The predicted octanol–water partition coefficient (Wildman–Crippen LogP) is 2.33. The average molecular weight is 253 g/mol. The summed E-state index contributed by atoms with van der Waals surface area (Å²) in [6.45, 7) is 0. The van der Waals surface area contributed by atoms with Crippen molar-refractivity contribution in [2.75, 3.05) is 0 Å². The second kappa shape index (κ2) is 6.21. The number of carbonyl (C=O) groups excluding carboxylic acids is 1. The molecule has 0 aromatic heterocycles. The van der Waals surface area contributed by atoms with Gasteiger partial charge in [-0.2, -0.15) is 0 Å². The second-order valence-electron chi connectivity index (χ2n) is 5.81. The van der Waals surface area contributed by atoms with Gasteiger partial charge in [-0.15, -0.1) is 0 Å². The summed E-state index contributed by atoms with van der Waals surface area (Å²) in [6, 6.07) is 0.102. The lowest BCUT2D eigenvalue weighted by molar-refractivity contribution is -0.146. The molecular weight excluding hydrogens is 230 g/mol. The van der Waals surface area contributed by atoms with E-state index in [1.165, 1.54) is 32.1 Å². The van der Waals surface area contributed by atoms with Crippen molar-refractivity contribution in [2.45, 2.75) is 63.8 Å². The average Bonchev–Trinajstić information content (AvgIpc) is 2.31. The third-order valence-electron chi connectivity index (χ3n) is 4.36. The molecule has 0 aromatic rings. The zero-order valence-electron chi connectivity index (χ0n) is 10.9. The molecular formula is C14H23NO3. The predicted molar refractivity (Wildman–Crippen MR) is 68.1 cm³/mol. The number of rotatable bonds is 5. The molecule has 4 heteroatoms. The Bertz CT molecular complexity index is 304. The van der Waals surface area contributed by atoms with Crippen molar-refractivity contribution < 1.29 is 14.7 Å². The molecule has 2 saturated carbocycles. The second-order valence-corrected chi connectivity index (χ2v) is 5.81. The number of amides is 1. The van der Waals surface area contributed by atoms with Crippen molar-refractivity contribution in [1.29, 1.82) is 0 Å². The van der Waals surface area contributed by atoms with Gasteiger partial charge in [-0.05, 0) is 25.2 Å². The lowest BCUT2D eigenvalue weighted by Gasteiger charge is -2.33.